The molecule has 1 N–H and O–H groups in total. The van der Waals surface area contributed by atoms with E-state index in [9.17, 15) is 4.79 Å². The van der Waals surface area contributed by atoms with Gasteiger partial charge in [-0.2, -0.15) is 0 Å². The lowest BCUT2D eigenvalue weighted by Crippen LogP contribution is -2.41. The fourth-order valence-electron chi connectivity index (χ4n) is 2.15. The summed E-state index contributed by atoms with van der Waals surface area (Å²) in [6.45, 7) is 4.86. The summed E-state index contributed by atoms with van der Waals surface area (Å²) in [5, 5.41) is 6.17. The van der Waals surface area contributed by atoms with E-state index in [0.29, 0.717) is 44.4 Å². The van der Waals surface area contributed by atoms with Crippen molar-refractivity contribution in [2.45, 2.75) is 13.5 Å². The molecule has 0 bridgehead atoms. The number of thiazole rings is 1. The van der Waals surface area contributed by atoms with Crippen molar-refractivity contribution >= 4 is 23.1 Å². The van der Waals surface area contributed by atoms with Crippen LogP contribution in [0.25, 0.3) is 0 Å². The van der Waals surface area contributed by atoms with Gasteiger partial charge in [-0.05, 0) is 6.92 Å². The predicted molar refractivity (Wildman–Crippen MR) is 82.9 cm³/mol. The molecule has 0 unspecified atom stereocenters. The number of ether oxygens (including phenoxy) is 1. The van der Waals surface area contributed by atoms with Crippen LogP contribution in [-0.2, 0) is 11.3 Å². The standard InChI is InChI=1S/C14H17N5O2S/c1-10-17-11(9-22-10)6-16-13-8-15-7-12(18-13)14(20)19-2-4-21-5-3-19/h7-9H,2-6H2,1H3,(H,16,18). The van der Waals surface area contributed by atoms with Gasteiger partial charge in [0.15, 0.2) is 0 Å². The number of hydrogen-bond donors (Lipinski definition) is 1. The first-order valence-corrected chi connectivity index (χ1v) is 7.94. The summed E-state index contributed by atoms with van der Waals surface area (Å²) in [5.41, 5.74) is 1.30. The molecule has 0 saturated carbocycles. The van der Waals surface area contributed by atoms with Gasteiger partial charge in [0.05, 0.1) is 42.9 Å². The van der Waals surface area contributed by atoms with Gasteiger partial charge in [0.25, 0.3) is 5.91 Å². The Bertz CT molecular complexity index is 654. The van der Waals surface area contributed by atoms with E-state index in [4.69, 9.17) is 4.74 Å². The molecule has 1 saturated heterocycles. The highest BCUT2D eigenvalue weighted by Gasteiger charge is 2.20. The summed E-state index contributed by atoms with van der Waals surface area (Å²) in [4.78, 5) is 26.9. The Kier molecular flexibility index (Phi) is 4.59. The second-order valence-corrected chi connectivity index (χ2v) is 5.97. The molecule has 2 aromatic heterocycles. The Morgan fingerprint density at radius 2 is 2.18 bits per heavy atom. The van der Waals surface area contributed by atoms with E-state index in [-0.39, 0.29) is 5.91 Å². The second-order valence-electron chi connectivity index (χ2n) is 4.91. The minimum absolute atomic E-state index is 0.107. The van der Waals surface area contributed by atoms with Crippen molar-refractivity contribution < 1.29 is 9.53 Å². The van der Waals surface area contributed by atoms with Crippen LogP contribution < -0.4 is 5.32 Å². The van der Waals surface area contributed by atoms with Gasteiger partial charge in [0.2, 0.25) is 0 Å². The average molecular weight is 319 g/mol. The molecule has 1 aliphatic heterocycles. The first kappa shape index (κ1) is 14.9. The molecule has 0 aromatic carbocycles. The number of carbonyl (C=O) groups is 1. The fourth-order valence-corrected chi connectivity index (χ4v) is 2.77. The maximum atomic E-state index is 12.4. The van der Waals surface area contributed by atoms with Gasteiger partial charge in [-0.3, -0.25) is 9.78 Å². The number of nitrogens with one attached hydrogen (secondary N) is 1. The van der Waals surface area contributed by atoms with Crippen molar-refractivity contribution in [2.24, 2.45) is 0 Å². The first-order chi connectivity index (χ1) is 10.7. The van der Waals surface area contributed by atoms with Crippen LogP contribution in [0.5, 0.6) is 0 Å². The summed E-state index contributed by atoms with van der Waals surface area (Å²) >= 11 is 1.61. The predicted octanol–water partition coefficient (Wildman–Crippen LogP) is 1.33. The Morgan fingerprint density at radius 1 is 1.36 bits per heavy atom. The molecule has 2 aromatic rings. The highest BCUT2D eigenvalue weighted by Crippen LogP contribution is 2.11. The number of amides is 1. The zero-order valence-electron chi connectivity index (χ0n) is 12.3. The molecule has 1 fully saturated rings. The third kappa shape index (κ3) is 3.58. The number of carbonyl (C=O) groups excluding carboxylic acids is 1. The number of aromatic nitrogens is 3. The van der Waals surface area contributed by atoms with Crippen LogP contribution in [-0.4, -0.2) is 52.1 Å². The average Bonchev–Trinajstić information content (AvgIpc) is 2.99. The monoisotopic (exact) mass is 319 g/mol. The summed E-state index contributed by atoms with van der Waals surface area (Å²) in [5.74, 6) is 0.466. The molecule has 1 aliphatic rings. The molecule has 0 aliphatic carbocycles. The van der Waals surface area contributed by atoms with Crippen LogP contribution in [0.3, 0.4) is 0 Å². The molecule has 0 radical (unpaired) electrons. The normalized spacial score (nSPS) is 14.9. The van der Waals surface area contributed by atoms with E-state index in [1.165, 1.54) is 6.20 Å². The maximum Gasteiger partial charge on any atom is 0.274 e. The quantitative estimate of drug-likeness (QED) is 0.915. The zero-order chi connectivity index (χ0) is 15.4. The summed E-state index contributed by atoms with van der Waals surface area (Å²) in [7, 11) is 0. The molecule has 7 nitrogen and oxygen atoms in total. The van der Waals surface area contributed by atoms with E-state index in [2.05, 4.69) is 20.3 Å². The van der Waals surface area contributed by atoms with Crippen molar-refractivity contribution in [3.63, 3.8) is 0 Å². The Hall–Kier alpha value is -2.06. The Morgan fingerprint density at radius 3 is 2.91 bits per heavy atom. The van der Waals surface area contributed by atoms with Gasteiger partial charge in [0.1, 0.15) is 11.5 Å². The third-order valence-electron chi connectivity index (χ3n) is 3.27. The number of nitrogens with zero attached hydrogens (tertiary/aromatic N) is 4. The Labute approximate surface area is 132 Å². The molecular formula is C14H17N5O2S. The Balaban J connectivity index is 1.65. The number of anilines is 1. The number of rotatable bonds is 4. The van der Waals surface area contributed by atoms with Gasteiger partial charge in [0, 0.05) is 18.5 Å². The van der Waals surface area contributed by atoms with Gasteiger partial charge < -0.3 is 15.0 Å². The van der Waals surface area contributed by atoms with E-state index >= 15 is 0 Å². The molecule has 3 rings (SSSR count). The van der Waals surface area contributed by atoms with Gasteiger partial charge in [-0.25, -0.2) is 9.97 Å². The van der Waals surface area contributed by atoms with Crippen molar-refractivity contribution in [2.75, 3.05) is 31.6 Å². The largest absolute Gasteiger partial charge is 0.378 e. The van der Waals surface area contributed by atoms with Gasteiger partial charge in [-0.15, -0.1) is 11.3 Å². The zero-order valence-corrected chi connectivity index (χ0v) is 13.1. The lowest BCUT2D eigenvalue weighted by molar-refractivity contribution is 0.0299. The van der Waals surface area contributed by atoms with Crippen LogP contribution in [0.4, 0.5) is 5.82 Å². The molecule has 0 spiro atoms. The molecule has 1 amide bonds. The second kappa shape index (κ2) is 6.80. The van der Waals surface area contributed by atoms with Crippen LogP contribution in [0, 0.1) is 6.92 Å². The van der Waals surface area contributed by atoms with Crippen LogP contribution in [0.15, 0.2) is 17.8 Å². The number of aryl methyl sites for hydroxylation is 1. The van der Waals surface area contributed by atoms with Crippen molar-refractivity contribution in [3.8, 4) is 0 Å². The molecule has 3 heterocycles. The summed E-state index contributed by atoms with van der Waals surface area (Å²) < 4.78 is 5.25. The van der Waals surface area contributed by atoms with Crippen molar-refractivity contribution in [3.05, 3.63) is 34.2 Å². The number of hydrogen-bond acceptors (Lipinski definition) is 7. The minimum Gasteiger partial charge on any atom is -0.378 e. The highest BCUT2D eigenvalue weighted by molar-refractivity contribution is 7.09. The van der Waals surface area contributed by atoms with Crippen LogP contribution in [0.1, 0.15) is 21.2 Å². The lowest BCUT2D eigenvalue weighted by Gasteiger charge is -2.26. The van der Waals surface area contributed by atoms with Crippen molar-refractivity contribution in [1.29, 1.82) is 0 Å². The lowest BCUT2D eigenvalue weighted by atomic mass is 10.3. The van der Waals surface area contributed by atoms with E-state index < -0.39 is 0 Å². The summed E-state index contributed by atoms with van der Waals surface area (Å²) in [6, 6.07) is 0. The molecule has 116 valence electrons. The SMILES string of the molecule is Cc1nc(CNc2cncc(C(=O)N3CCOCC3)n2)cs1. The molecule has 22 heavy (non-hydrogen) atoms. The van der Waals surface area contributed by atoms with Crippen LogP contribution in [0.2, 0.25) is 0 Å². The highest BCUT2D eigenvalue weighted by atomic mass is 32.1. The third-order valence-corrected chi connectivity index (χ3v) is 4.09. The van der Waals surface area contributed by atoms with Crippen molar-refractivity contribution in [1.82, 2.24) is 19.9 Å². The summed E-state index contributed by atoms with van der Waals surface area (Å²) in [6.07, 6.45) is 3.10. The first-order valence-electron chi connectivity index (χ1n) is 7.06. The number of morpholine rings is 1. The van der Waals surface area contributed by atoms with E-state index in [1.54, 1.807) is 22.4 Å². The molecular weight excluding hydrogens is 302 g/mol. The van der Waals surface area contributed by atoms with E-state index in [1.807, 2.05) is 12.3 Å². The smallest absolute Gasteiger partial charge is 0.274 e. The van der Waals surface area contributed by atoms with Crippen LogP contribution >= 0.6 is 11.3 Å². The molecule has 8 heteroatoms. The molecule has 0 atom stereocenters. The van der Waals surface area contributed by atoms with Gasteiger partial charge >= 0.3 is 0 Å². The topological polar surface area (TPSA) is 80.2 Å². The van der Waals surface area contributed by atoms with E-state index in [0.717, 1.165) is 10.7 Å². The van der Waals surface area contributed by atoms with Gasteiger partial charge in [-0.1, -0.05) is 0 Å². The fraction of sp³-hybridized carbons (Fsp3) is 0.429. The maximum absolute atomic E-state index is 12.4. The minimum atomic E-state index is -0.107.